The van der Waals surface area contributed by atoms with Gasteiger partial charge in [-0.25, -0.2) is 0 Å². The smallest absolute Gasteiger partial charge is 0.269 e. The molecule has 0 radical (unpaired) electrons. The molecule has 5 nitrogen and oxygen atoms in total. The van der Waals surface area contributed by atoms with Crippen molar-refractivity contribution in [2.45, 2.75) is 46.5 Å². The molecule has 0 aliphatic rings. The summed E-state index contributed by atoms with van der Waals surface area (Å²) < 4.78 is 0. The van der Waals surface area contributed by atoms with E-state index in [4.69, 9.17) is 0 Å². The topological polar surface area (TPSA) is 74.8 Å². The number of unbranched alkanes of at least 4 members (excludes halogenated alkanes) is 1. The number of aryl methyl sites for hydroxylation is 1. The van der Waals surface area contributed by atoms with Crippen LogP contribution in [0.4, 0.5) is 0 Å². The standard InChI is InChI=1S/C14H23N3O2/c1-10(2)8-13-14(19)17-12(9-16-13)6-4-5-7-15-11(3)18/h9-10H,4-8H2,1-3H3,(H,15,18)(H,17,19). The number of rotatable bonds is 7. The highest BCUT2D eigenvalue weighted by atomic mass is 16.1. The summed E-state index contributed by atoms with van der Waals surface area (Å²) in [4.78, 5) is 29.6. The highest BCUT2D eigenvalue weighted by Gasteiger charge is 2.05. The Bertz CT molecular complexity index is 466. The Morgan fingerprint density at radius 1 is 1.42 bits per heavy atom. The van der Waals surface area contributed by atoms with E-state index in [0.717, 1.165) is 25.0 Å². The summed E-state index contributed by atoms with van der Waals surface area (Å²) in [7, 11) is 0. The van der Waals surface area contributed by atoms with Crippen molar-refractivity contribution >= 4 is 5.91 Å². The van der Waals surface area contributed by atoms with Crippen LogP contribution in [0.15, 0.2) is 11.0 Å². The van der Waals surface area contributed by atoms with E-state index < -0.39 is 0 Å². The normalized spacial score (nSPS) is 10.7. The molecule has 0 aromatic carbocycles. The van der Waals surface area contributed by atoms with E-state index in [1.807, 2.05) is 0 Å². The van der Waals surface area contributed by atoms with E-state index in [9.17, 15) is 9.59 Å². The van der Waals surface area contributed by atoms with Gasteiger partial charge in [-0.2, -0.15) is 0 Å². The number of amides is 1. The highest BCUT2D eigenvalue weighted by molar-refractivity contribution is 5.72. The van der Waals surface area contributed by atoms with Crippen molar-refractivity contribution in [1.29, 1.82) is 0 Å². The van der Waals surface area contributed by atoms with Gasteiger partial charge in [-0.15, -0.1) is 0 Å². The van der Waals surface area contributed by atoms with Crippen LogP contribution < -0.4 is 10.9 Å². The highest BCUT2D eigenvalue weighted by Crippen LogP contribution is 2.02. The Labute approximate surface area is 113 Å². The third kappa shape index (κ3) is 6.18. The molecule has 0 unspecified atom stereocenters. The SMILES string of the molecule is CC(=O)NCCCCc1cnc(CC(C)C)c(=O)[nH]1. The van der Waals surface area contributed by atoms with Crippen LogP contribution in [0.3, 0.4) is 0 Å². The molecule has 0 fully saturated rings. The second kappa shape index (κ2) is 7.71. The molecule has 106 valence electrons. The number of aromatic amines is 1. The fourth-order valence-electron chi connectivity index (χ4n) is 1.83. The van der Waals surface area contributed by atoms with E-state index in [1.54, 1.807) is 6.20 Å². The summed E-state index contributed by atoms with van der Waals surface area (Å²) in [6.45, 7) is 6.32. The van der Waals surface area contributed by atoms with Crippen LogP contribution in [0.5, 0.6) is 0 Å². The predicted octanol–water partition coefficient (Wildman–Crippen LogP) is 1.43. The van der Waals surface area contributed by atoms with Gasteiger partial charge in [-0.1, -0.05) is 13.8 Å². The molecule has 0 saturated carbocycles. The van der Waals surface area contributed by atoms with E-state index in [2.05, 4.69) is 29.1 Å². The molecule has 0 aliphatic carbocycles. The Morgan fingerprint density at radius 3 is 2.74 bits per heavy atom. The van der Waals surface area contributed by atoms with Crippen molar-refractivity contribution in [1.82, 2.24) is 15.3 Å². The van der Waals surface area contributed by atoms with Crippen molar-refractivity contribution in [3.63, 3.8) is 0 Å². The van der Waals surface area contributed by atoms with Crippen LogP contribution in [-0.2, 0) is 17.6 Å². The molecule has 19 heavy (non-hydrogen) atoms. The molecular weight excluding hydrogens is 242 g/mol. The maximum Gasteiger partial charge on any atom is 0.269 e. The number of aromatic nitrogens is 2. The first kappa shape index (κ1) is 15.4. The number of carbonyl (C=O) groups excluding carboxylic acids is 1. The van der Waals surface area contributed by atoms with Gasteiger partial charge in [0.15, 0.2) is 0 Å². The quantitative estimate of drug-likeness (QED) is 0.732. The number of hydrogen-bond acceptors (Lipinski definition) is 3. The zero-order chi connectivity index (χ0) is 14.3. The summed E-state index contributed by atoms with van der Waals surface area (Å²) in [6, 6.07) is 0. The van der Waals surface area contributed by atoms with Gasteiger partial charge in [-0.3, -0.25) is 14.6 Å². The number of nitrogens with one attached hydrogen (secondary N) is 2. The summed E-state index contributed by atoms with van der Waals surface area (Å²) in [5.74, 6) is 0.421. The van der Waals surface area contributed by atoms with Gasteiger partial charge < -0.3 is 10.3 Å². The zero-order valence-corrected chi connectivity index (χ0v) is 12.0. The summed E-state index contributed by atoms with van der Waals surface area (Å²) in [5.41, 5.74) is 1.39. The van der Waals surface area contributed by atoms with Crippen LogP contribution in [0.1, 0.15) is 45.0 Å². The fraction of sp³-hybridized carbons (Fsp3) is 0.643. The van der Waals surface area contributed by atoms with Crippen LogP contribution >= 0.6 is 0 Å². The van der Waals surface area contributed by atoms with E-state index >= 15 is 0 Å². The number of nitrogens with zero attached hydrogens (tertiary/aromatic N) is 1. The average molecular weight is 265 g/mol. The molecule has 1 rings (SSSR count). The molecule has 0 saturated heterocycles. The molecule has 5 heteroatoms. The predicted molar refractivity (Wildman–Crippen MR) is 75.0 cm³/mol. The van der Waals surface area contributed by atoms with E-state index in [-0.39, 0.29) is 11.5 Å². The van der Waals surface area contributed by atoms with Crippen molar-refractivity contribution in [2.75, 3.05) is 6.54 Å². The second-order valence-electron chi connectivity index (χ2n) is 5.22. The molecule has 1 aromatic rings. The van der Waals surface area contributed by atoms with Gasteiger partial charge in [0.25, 0.3) is 5.56 Å². The number of hydrogen-bond donors (Lipinski definition) is 2. The fourth-order valence-corrected chi connectivity index (χ4v) is 1.83. The molecule has 1 heterocycles. The Hall–Kier alpha value is -1.65. The molecule has 1 amide bonds. The lowest BCUT2D eigenvalue weighted by atomic mass is 10.1. The van der Waals surface area contributed by atoms with Crippen LogP contribution in [0.2, 0.25) is 0 Å². The minimum Gasteiger partial charge on any atom is -0.356 e. The minimum atomic E-state index is -0.0759. The minimum absolute atomic E-state index is 0.00638. The first-order valence-corrected chi connectivity index (χ1v) is 6.80. The lowest BCUT2D eigenvalue weighted by Gasteiger charge is -2.05. The first-order valence-electron chi connectivity index (χ1n) is 6.80. The molecule has 0 aliphatic heterocycles. The van der Waals surface area contributed by atoms with Crippen molar-refractivity contribution in [2.24, 2.45) is 5.92 Å². The monoisotopic (exact) mass is 265 g/mol. The molecule has 1 aromatic heterocycles. The summed E-state index contributed by atoms with van der Waals surface area (Å²) in [5, 5.41) is 2.75. The lowest BCUT2D eigenvalue weighted by Crippen LogP contribution is -2.21. The van der Waals surface area contributed by atoms with E-state index in [1.165, 1.54) is 6.92 Å². The van der Waals surface area contributed by atoms with Crippen molar-refractivity contribution < 1.29 is 4.79 Å². The molecule has 0 atom stereocenters. The second-order valence-corrected chi connectivity index (χ2v) is 5.22. The van der Waals surface area contributed by atoms with Gasteiger partial charge >= 0.3 is 0 Å². The van der Waals surface area contributed by atoms with Crippen LogP contribution in [-0.4, -0.2) is 22.4 Å². The van der Waals surface area contributed by atoms with Gasteiger partial charge in [0.2, 0.25) is 5.91 Å². The molecular formula is C14H23N3O2. The van der Waals surface area contributed by atoms with Gasteiger partial charge in [0.1, 0.15) is 5.69 Å². The molecule has 2 N–H and O–H groups in total. The van der Waals surface area contributed by atoms with Gasteiger partial charge in [0, 0.05) is 25.4 Å². The Balaban J connectivity index is 2.41. The van der Waals surface area contributed by atoms with Crippen LogP contribution in [0, 0.1) is 5.92 Å². The molecule has 0 spiro atoms. The number of carbonyl (C=O) groups is 1. The van der Waals surface area contributed by atoms with Gasteiger partial charge in [-0.05, 0) is 31.6 Å². The largest absolute Gasteiger partial charge is 0.356 e. The third-order valence-corrected chi connectivity index (χ3v) is 2.76. The summed E-state index contributed by atoms with van der Waals surface area (Å²) >= 11 is 0. The lowest BCUT2D eigenvalue weighted by molar-refractivity contribution is -0.118. The van der Waals surface area contributed by atoms with Crippen molar-refractivity contribution in [3.8, 4) is 0 Å². The van der Waals surface area contributed by atoms with Crippen LogP contribution in [0.25, 0.3) is 0 Å². The average Bonchev–Trinajstić information content (AvgIpc) is 2.31. The van der Waals surface area contributed by atoms with Crippen molar-refractivity contribution in [3.05, 3.63) is 27.9 Å². The van der Waals surface area contributed by atoms with Gasteiger partial charge in [0.05, 0.1) is 0 Å². The maximum atomic E-state index is 11.8. The zero-order valence-electron chi connectivity index (χ0n) is 12.0. The Kier molecular flexibility index (Phi) is 6.25. The maximum absolute atomic E-state index is 11.8. The number of H-pyrrole nitrogens is 1. The van der Waals surface area contributed by atoms with E-state index in [0.29, 0.717) is 24.6 Å². The third-order valence-electron chi connectivity index (χ3n) is 2.76. The summed E-state index contributed by atoms with van der Waals surface area (Å²) in [6.07, 6.45) is 5.05. The Morgan fingerprint density at radius 2 is 2.16 bits per heavy atom. The first-order chi connectivity index (χ1) is 8.99. The molecule has 0 bridgehead atoms.